The van der Waals surface area contributed by atoms with Gasteiger partial charge in [-0.15, -0.1) is 0 Å². The quantitative estimate of drug-likeness (QED) is 0.234. The number of alkyl halides is 1. The van der Waals surface area contributed by atoms with Crippen LogP contribution in [0.5, 0.6) is 0 Å². The molecule has 2 aromatic rings. The van der Waals surface area contributed by atoms with Crippen LogP contribution >= 0.6 is 0 Å². The number of benzene rings is 2. The second-order valence-corrected chi connectivity index (χ2v) is 6.20. The molecule has 0 bridgehead atoms. The van der Waals surface area contributed by atoms with Crippen molar-refractivity contribution in [2.45, 2.75) is 0 Å². The molecule has 2 rings (SSSR count). The molecule has 0 aliphatic rings. The van der Waals surface area contributed by atoms with Gasteiger partial charge in [0, 0.05) is 38.0 Å². The van der Waals surface area contributed by atoms with Crippen LogP contribution in [0.4, 0.5) is 21.5 Å². The van der Waals surface area contributed by atoms with E-state index in [1.807, 2.05) is 6.07 Å². The van der Waals surface area contributed by atoms with Crippen molar-refractivity contribution < 1.29 is 14.1 Å². The van der Waals surface area contributed by atoms with Crippen LogP contribution in [0.3, 0.4) is 0 Å². The molecule has 1 amide bonds. The Labute approximate surface area is 162 Å². The highest BCUT2D eigenvalue weighted by Gasteiger charge is 2.17. The molecular weight excluding hydrogens is 365 g/mol. The number of anilines is 1. The number of nitrogens with zero attached hydrogens (tertiary/aromatic N) is 4. The molecule has 0 atom stereocenters. The highest BCUT2D eigenvalue weighted by atomic mass is 19.1. The standard InChI is InChI=1S/C19H22FN5O3/c1-23(13-20)10-11-24(2)14-21-18-9-8-16(25(27)28)12-17(18)19(26)22-15-6-4-3-5-7-15/h3-9,12,14H,10-11,13H2,1-2H3,(H,22,26)/b21-14+. The van der Waals surface area contributed by atoms with Crippen molar-refractivity contribution >= 4 is 29.3 Å². The summed E-state index contributed by atoms with van der Waals surface area (Å²) in [7, 11) is 3.43. The third-order valence-corrected chi connectivity index (χ3v) is 3.90. The summed E-state index contributed by atoms with van der Waals surface area (Å²) in [5.74, 6) is -0.498. The molecule has 9 heteroatoms. The molecule has 8 nitrogen and oxygen atoms in total. The van der Waals surface area contributed by atoms with E-state index >= 15 is 0 Å². The van der Waals surface area contributed by atoms with Gasteiger partial charge in [0.15, 0.2) is 0 Å². The molecule has 0 saturated carbocycles. The van der Waals surface area contributed by atoms with E-state index in [0.717, 1.165) is 0 Å². The summed E-state index contributed by atoms with van der Waals surface area (Å²) in [4.78, 5) is 30.7. The minimum atomic E-state index is -0.564. The van der Waals surface area contributed by atoms with Gasteiger partial charge >= 0.3 is 0 Å². The van der Waals surface area contributed by atoms with E-state index in [9.17, 15) is 19.3 Å². The van der Waals surface area contributed by atoms with Crippen LogP contribution < -0.4 is 5.32 Å². The molecule has 148 valence electrons. The fourth-order valence-electron chi connectivity index (χ4n) is 2.26. The number of rotatable bonds is 9. The van der Waals surface area contributed by atoms with Gasteiger partial charge in [-0.25, -0.2) is 9.38 Å². The number of carbonyl (C=O) groups is 1. The second kappa shape index (κ2) is 10.1. The van der Waals surface area contributed by atoms with Gasteiger partial charge in [0.05, 0.1) is 22.5 Å². The summed E-state index contributed by atoms with van der Waals surface area (Å²) in [6.45, 7) is 0.486. The highest BCUT2D eigenvalue weighted by molar-refractivity contribution is 6.08. The van der Waals surface area contributed by atoms with Crippen LogP contribution in [-0.4, -0.2) is 61.0 Å². The van der Waals surface area contributed by atoms with E-state index in [2.05, 4.69) is 10.3 Å². The number of amides is 1. The molecule has 28 heavy (non-hydrogen) atoms. The van der Waals surface area contributed by atoms with Crippen LogP contribution in [0, 0.1) is 10.1 Å². The molecule has 0 radical (unpaired) electrons. The smallest absolute Gasteiger partial charge is 0.270 e. The van der Waals surface area contributed by atoms with E-state index in [1.165, 1.54) is 29.4 Å². The first-order valence-corrected chi connectivity index (χ1v) is 8.54. The van der Waals surface area contributed by atoms with Crippen molar-refractivity contribution in [3.8, 4) is 0 Å². The number of para-hydroxylation sites is 1. The van der Waals surface area contributed by atoms with Crippen molar-refractivity contribution in [1.29, 1.82) is 0 Å². The van der Waals surface area contributed by atoms with E-state index in [0.29, 0.717) is 24.5 Å². The Morgan fingerprint density at radius 2 is 1.93 bits per heavy atom. The molecular formula is C19H22FN5O3. The highest BCUT2D eigenvalue weighted by Crippen LogP contribution is 2.25. The average molecular weight is 387 g/mol. The maximum atomic E-state index is 12.6. The monoisotopic (exact) mass is 387 g/mol. The minimum absolute atomic E-state index is 0.0866. The van der Waals surface area contributed by atoms with Crippen LogP contribution in [0.25, 0.3) is 0 Å². The van der Waals surface area contributed by atoms with E-state index in [-0.39, 0.29) is 11.3 Å². The van der Waals surface area contributed by atoms with Crippen LogP contribution in [0.15, 0.2) is 53.5 Å². The number of carbonyl (C=O) groups excluding carboxylic acids is 1. The Morgan fingerprint density at radius 3 is 2.57 bits per heavy atom. The summed E-state index contributed by atoms with van der Waals surface area (Å²) in [6.07, 6.45) is 1.51. The molecule has 0 aromatic heterocycles. The molecule has 0 fully saturated rings. The van der Waals surface area contributed by atoms with Crippen molar-refractivity contribution in [3.05, 3.63) is 64.2 Å². The van der Waals surface area contributed by atoms with Crippen molar-refractivity contribution in [1.82, 2.24) is 9.80 Å². The Kier molecular flexibility index (Phi) is 7.58. The fourth-order valence-corrected chi connectivity index (χ4v) is 2.26. The first-order chi connectivity index (χ1) is 13.4. The van der Waals surface area contributed by atoms with E-state index in [4.69, 9.17) is 0 Å². The normalized spacial score (nSPS) is 11.0. The zero-order chi connectivity index (χ0) is 20.5. The molecule has 1 N–H and O–H groups in total. The Balaban J connectivity index is 2.22. The maximum Gasteiger partial charge on any atom is 0.270 e. The number of hydrogen-bond acceptors (Lipinski definition) is 5. The topological polar surface area (TPSA) is 91.1 Å². The van der Waals surface area contributed by atoms with Crippen LogP contribution in [0.1, 0.15) is 10.4 Å². The lowest BCUT2D eigenvalue weighted by molar-refractivity contribution is -0.384. The number of non-ortho nitro benzene ring substituents is 1. The number of nitro benzene ring substituents is 1. The van der Waals surface area contributed by atoms with E-state index in [1.54, 1.807) is 43.3 Å². The minimum Gasteiger partial charge on any atom is -0.364 e. The van der Waals surface area contributed by atoms with Gasteiger partial charge in [0.2, 0.25) is 0 Å². The largest absolute Gasteiger partial charge is 0.364 e. The zero-order valence-corrected chi connectivity index (χ0v) is 15.7. The first-order valence-electron chi connectivity index (χ1n) is 8.54. The summed E-state index contributed by atoms with van der Waals surface area (Å²) >= 11 is 0. The molecule has 0 aliphatic heterocycles. The lowest BCUT2D eigenvalue weighted by Crippen LogP contribution is -2.29. The third-order valence-electron chi connectivity index (χ3n) is 3.90. The summed E-state index contributed by atoms with van der Waals surface area (Å²) in [5.41, 5.74) is 0.753. The van der Waals surface area contributed by atoms with Gasteiger partial charge in [-0.2, -0.15) is 0 Å². The predicted octanol–water partition coefficient (Wildman–Crippen LogP) is 3.30. The lowest BCUT2D eigenvalue weighted by atomic mass is 10.1. The van der Waals surface area contributed by atoms with Gasteiger partial charge in [-0.1, -0.05) is 18.2 Å². The van der Waals surface area contributed by atoms with Crippen molar-refractivity contribution in [2.75, 3.05) is 39.3 Å². The number of hydrogen-bond donors (Lipinski definition) is 1. The Morgan fingerprint density at radius 1 is 1.21 bits per heavy atom. The predicted molar refractivity (Wildman–Crippen MR) is 107 cm³/mol. The van der Waals surface area contributed by atoms with E-state index < -0.39 is 17.6 Å². The Bertz CT molecular complexity index is 845. The number of halogens is 1. The van der Waals surface area contributed by atoms with Gasteiger partial charge in [-0.05, 0) is 25.2 Å². The summed E-state index contributed by atoms with van der Waals surface area (Å²) in [5, 5.41) is 13.8. The Hall–Kier alpha value is -3.33. The summed E-state index contributed by atoms with van der Waals surface area (Å²) < 4.78 is 12.5. The second-order valence-electron chi connectivity index (χ2n) is 6.20. The van der Waals surface area contributed by atoms with Gasteiger partial charge in [0.1, 0.15) is 6.80 Å². The molecule has 0 spiro atoms. The molecule has 0 unspecified atom stereocenters. The number of likely N-dealkylation sites (N-methyl/N-ethyl adjacent to an activating group) is 2. The van der Waals surface area contributed by atoms with Gasteiger partial charge in [0.25, 0.3) is 11.6 Å². The number of aliphatic imine (C=N–C) groups is 1. The molecule has 0 saturated heterocycles. The lowest BCUT2D eigenvalue weighted by Gasteiger charge is -2.17. The van der Waals surface area contributed by atoms with Crippen LogP contribution in [0.2, 0.25) is 0 Å². The van der Waals surface area contributed by atoms with Gasteiger partial charge < -0.3 is 10.2 Å². The molecule has 0 heterocycles. The SMILES string of the molecule is CN(/C=N/c1ccc([N+](=O)[O-])cc1C(=O)Nc1ccccc1)CCN(C)CF. The average Bonchev–Trinajstić information content (AvgIpc) is 2.70. The zero-order valence-electron chi connectivity index (χ0n) is 15.7. The maximum absolute atomic E-state index is 12.6. The van der Waals surface area contributed by atoms with Gasteiger partial charge in [-0.3, -0.25) is 19.8 Å². The third kappa shape index (κ3) is 6.13. The van der Waals surface area contributed by atoms with Crippen molar-refractivity contribution in [3.63, 3.8) is 0 Å². The first kappa shape index (κ1) is 21.0. The number of nitro groups is 1. The molecule has 0 aliphatic carbocycles. The fraction of sp³-hybridized carbons (Fsp3) is 0.263. The molecule has 2 aromatic carbocycles. The van der Waals surface area contributed by atoms with Crippen LogP contribution in [-0.2, 0) is 0 Å². The van der Waals surface area contributed by atoms with Crippen molar-refractivity contribution in [2.24, 2.45) is 4.99 Å². The number of nitrogens with one attached hydrogen (secondary N) is 1. The summed E-state index contributed by atoms with van der Waals surface area (Å²) in [6, 6.07) is 12.7.